The van der Waals surface area contributed by atoms with Crippen molar-refractivity contribution in [3.63, 3.8) is 0 Å². The minimum Gasteiger partial charge on any atom is -0.354 e. The Morgan fingerprint density at radius 1 is 0.925 bits per heavy atom. The molecule has 9 heteroatoms. The molecular weight excluding hydrogens is 546 g/mol. The maximum absolute atomic E-state index is 13.8. The minimum absolute atomic E-state index is 0.0317. The molecule has 4 rings (SSSR count). The van der Waals surface area contributed by atoms with Gasteiger partial charge >= 0.3 is 0 Å². The molecule has 1 aliphatic carbocycles. The van der Waals surface area contributed by atoms with Crippen molar-refractivity contribution in [1.29, 1.82) is 0 Å². The Labute approximate surface area is 242 Å². The Balaban J connectivity index is 1.55. The van der Waals surface area contributed by atoms with Gasteiger partial charge in [0.25, 0.3) is 0 Å². The lowest BCUT2D eigenvalue weighted by Crippen LogP contribution is -2.44. The summed E-state index contributed by atoms with van der Waals surface area (Å²) in [5, 5.41) is 3.60. The molecule has 0 aliphatic heterocycles. The molecule has 212 valence electrons. The van der Waals surface area contributed by atoms with Crippen molar-refractivity contribution < 1.29 is 18.0 Å². The first-order valence-corrected chi connectivity index (χ1v) is 15.5. The number of nitrogens with zero attached hydrogens (tertiary/aromatic N) is 1. The summed E-state index contributed by atoms with van der Waals surface area (Å²) in [6.45, 7) is 4.77. The number of hydrogen-bond donors (Lipinski definition) is 2. The molecule has 0 aromatic heterocycles. The highest BCUT2D eigenvalue weighted by atomic mass is 35.5. The predicted octanol–water partition coefficient (Wildman–Crippen LogP) is 5.26. The normalized spacial score (nSPS) is 14.1. The minimum atomic E-state index is -3.54. The van der Waals surface area contributed by atoms with Crippen molar-refractivity contribution >= 4 is 33.4 Å². The zero-order valence-corrected chi connectivity index (χ0v) is 24.4. The average Bonchev–Trinajstić information content (AvgIpc) is 3.75. The molecule has 0 bridgehead atoms. The van der Waals surface area contributed by atoms with Gasteiger partial charge in [0.05, 0.1) is 4.90 Å². The fraction of sp³-hybridized carbons (Fsp3) is 0.355. The number of carbonyl (C=O) groups is 2. The molecular formula is C31H36ClN3O4S. The van der Waals surface area contributed by atoms with E-state index in [1.54, 1.807) is 41.3 Å². The number of amides is 2. The number of sulfonamides is 1. The summed E-state index contributed by atoms with van der Waals surface area (Å²) < 4.78 is 27.7. The SMILES string of the molecule is CC(C)CNC(=O)[C@@H](c1ccccc1)N(Cc1ccc(Cl)cc1)C(=O)CCc1ccc(S(=O)(=O)NC2CC2)cc1. The highest BCUT2D eigenvalue weighted by Crippen LogP contribution is 2.26. The van der Waals surface area contributed by atoms with Crippen LogP contribution in [0.3, 0.4) is 0 Å². The Morgan fingerprint density at radius 2 is 1.55 bits per heavy atom. The maximum atomic E-state index is 13.8. The van der Waals surface area contributed by atoms with Gasteiger partial charge in [-0.1, -0.05) is 80.0 Å². The fourth-order valence-electron chi connectivity index (χ4n) is 4.34. The first kappa shape index (κ1) is 29.8. The van der Waals surface area contributed by atoms with Crippen LogP contribution in [0.25, 0.3) is 0 Å². The van der Waals surface area contributed by atoms with Gasteiger partial charge in [0, 0.05) is 30.6 Å². The Morgan fingerprint density at radius 3 is 2.15 bits per heavy atom. The van der Waals surface area contributed by atoms with E-state index < -0.39 is 16.1 Å². The summed E-state index contributed by atoms with van der Waals surface area (Å²) in [4.78, 5) is 29.2. The molecule has 3 aromatic rings. The number of nitrogens with one attached hydrogen (secondary N) is 2. The Bertz CT molecular complexity index is 1390. The van der Waals surface area contributed by atoms with Gasteiger partial charge in [-0.2, -0.15) is 0 Å². The van der Waals surface area contributed by atoms with E-state index in [2.05, 4.69) is 10.0 Å². The van der Waals surface area contributed by atoms with E-state index in [-0.39, 0.29) is 41.6 Å². The zero-order chi connectivity index (χ0) is 28.7. The Kier molecular flexibility index (Phi) is 10.0. The standard InChI is InChI=1S/C31H36ClN3O4S/c1-22(2)20-33-31(37)30(25-6-4-3-5-7-25)35(21-24-8-13-26(32)14-9-24)29(36)19-12-23-10-17-28(18-11-23)40(38,39)34-27-15-16-27/h3-11,13-14,17-18,22,27,30,34H,12,15-16,19-21H2,1-2H3,(H,33,37)/t30-/m1/s1. The smallest absolute Gasteiger partial charge is 0.247 e. The van der Waals surface area contributed by atoms with Gasteiger partial charge in [-0.3, -0.25) is 9.59 Å². The topological polar surface area (TPSA) is 95.6 Å². The van der Waals surface area contributed by atoms with E-state index >= 15 is 0 Å². The number of carbonyl (C=O) groups excluding carboxylic acids is 2. The third-order valence-electron chi connectivity index (χ3n) is 6.71. The first-order valence-electron chi connectivity index (χ1n) is 13.6. The highest BCUT2D eigenvalue weighted by Gasteiger charge is 2.31. The number of benzene rings is 3. The van der Waals surface area contributed by atoms with Crippen LogP contribution >= 0.6 is 11.6 Å². The molecule has 1 saturated carbocycles. The highest BCUT2D eigenvalue weighted by molar-refractivity contribution is 7.89. The zero-order valence-electron chi connectivity index (χ0n) is 22.8. The number of halogens is 1. The molecule has 0 saturated heterocycles. The molecule has 7 nitrogen and oxygen atoms in total. The van der Waals surface area contributed by atoms with Gasteiger partial charge in [0.15, 0.2) is 0 Å². The first-order chi connectivity index (χ1) is 19.1. The van der Waals surface area contributed by atoms with Crippen molar-refractivity contribution in [2.75, 3.05) is 6.54 Å². The van der Waals surface area contributed by atoms with E-state index in [4.69, 9.17) is 11.6 Å². The lowest BCUT2D eigenvalue weighted by Gasteiger charge is -2.32. The van der Waals surface area contributed by atoms with E-state index in [1.165, 1.54) is 0 Å². The maximum Gasteiger partial charge on any atom is 0.247 e. The van der Waals surface area contributed by atoms with E-state index in [0.29, 0.717) is 18.0 Å². The van der Waals surface area contributed by atoms with Gasteiger partial charge < -0.3 is 10.2 Å². The van der Waals surface area contributed by atoms with Crippen molar-refractivity contribution in [2.24, 2.45) is 5.92 Å². The van der Waals surface area contributed by atoms with E-state index in [0.717, 1.165) is 29.5 Å². The molecule has 1 fully saturated rings. The molecule has 3 aromatic carbocycles. The second-order valence-corrected chi connectivity index (χ2v) is 12.8. The fourth-order valence-corrected chi connectivity index (χ4v) is 5.77. The molecule has 0 unspecified atom stereocenters. The van der Waals surface area contributed by atoms with Crippen LogP contribution in [-0.4, -0.2) is 37.7 Å². The third kappa shape index (κ3) is 8.40. The van der Waals surface area contributed by atoms with Crippen LogP contribution < -0.4 is 10.0 Å². The average molecular weight is 582 g/mol. The summed E-state index contributed by atoms with van der Waals surface area (Å²) in [6.07, 6.45) is 2.29. The van der Waals surface area contributed by atoms with Crippen LogP contribution in [0.4, 0.5) is 0 Å². The van der Waals surface area contributed by atoms with Crippen LogP contribution in [0.5, 0.6) is 0 Å². The van der Waals surface area contributed by atoms with Gasteiger partial charge in [-0.15, -0.1) is 0 Å². The van der Waals surface area contributed by atoms with Gasteiger partial charge in [0.1, 0.15) is 6.04 Å². The number of hydrogen-bond acceptors (Lipinski definition) is 4. The van der Waals surface area contributed by atoms with Gasteiger partial charge in [-0.25, -0.2) is 13.1 Å². The second kappa shape index (κ2) is 13.4. The number of rotatable bonds is 13. The quantitative estimate of drug-likeness (QED) is 0.288. The van der Waals surface area contributed by atoms with Crippen molar-refractivity contribution in [3.05, 3.63) is 101 Å². The van der Waals surface area contributed by atoms with Crippen LogP contribution in [-0.2, 0) is 32.6 Å². The van der Waals surface area contributed by atoms with E-state index in [9.17, 15) is 18.0 Å². The van der Waals surface area contributed by atoms with E-state index in [1.807, 2.05) is 56.3 Å². The third-order valence-corrected chi connectivity index (χ3v) is 8.50. The van der Waals surface area contributed by atoms with Gasteiger partial charge in [0.2, 0.25) is 21.8 Å². The summed E-state index contributed by atoms with van der Waals surface area (Å²) in [5.41, 5.74) is 2.42. The summed E-state index contributed by atoms with van der Waals surface area (Å²) in [6, 6.07) is 22.4. The second-order valence-electron chi connectivity index (χ2n) is 10.6. The lowest BCUT2D eigenvalue weighted by molar-refractivity contribution is -0.141. The van der Waals surface area contributed by atoms with Crippen molar-refractivity contribution in [2.45, 2.75) is 63.1 Å². The molecule has 2 N–H and O–H groups in total. The predicted molar refractivity (Wildman–Crippen MR) is 157 cm³/mol. The molecule has 0 heterocycles. The molecule has 40 heavy (non-hydrogen) atoms. The van der Waals surface area contributed by atoms with Gasteiger partial charge in [-0.05, 0) is 66.1 Å². The van der Waals surface area contributed by atoms with Crippen molar-refractivity contribution in [3.8, 4) is 0 Å². The largest absolute Gasteiger partial charge is 0.354 e. The lowest BCUT2D eigenvalue weighted by atomic mass is 10.0. The summed E-state index contributed by atoms with van der Waals surface area (Å²) in [5.74, 6) is -0.164. The van der Waals surface area contributed by atoms with Crippen molar-refractivity contribution in [1.82, 2.24) is 14.9 Å². The summed E-state index contributed by atoms with van der Waals surface area (Å²) >= 11 is 6.09. The van der Waals surface area contributed by atoms with Crippen LogP contribution in [0.15, 0.2) is 83.8 Å². The van der Waals surface area contributed by atoms with Crippen LogP contribution in [0.2, 0.25) is 5.02 Å². The molecule has 2 amide bonds. The molecule has 1 aliphatic rings. The molecule has 1 atom stereocenters. The Hall–Kier alpha value is -3.20. The molecule has 0 radical (unpaired) electrons. The monoisotopic (exact) mass is 581 g/mol. The number of aryl methyl sites for hydroxylation is 1. The van der Waals surface area contributed by atoms with Crippen LogP contribution in [0.1, 0.15) is 55.8 Å². The van der Waals surface area contributed by atoms with Crippen LogP contribution in [0, 0.1) is 5.92 Å². The summed E-state index contributed by atoms with van der Waals surface area (Å²) in [7, 11) is -3.54. The molecule has 0 spiro atoms.